The lowest BCUT2D eigenvalue weighted by Crippen LogP contribution is -2.09. The zero-order chi connectivity index (χ0) is 14.5. The molecule has 2 aromatic rings. The summed E-state index contributed by atoms with van der Waals surface area (Å²) in [6, 6.07) is 8.04. The quantitative estimate of drug-likeness (QED) is 0.780. The van der Waals surface area contributed by atoms with Crippen LogP contribution < -0.4 is 15.8 Å². The standard InChI is InChI=1S/C16H22N2OS/c1-4-12-8-9-20-15(12)10-18-13-6-5-7-14(16(13)17)19-11(2)3/h5-9,11,18H,4,10,17H2,1-3H3. The van der Waals surface area contributed by atoms with Crippen molar-refractivity contribution in [1.29, 1.82) is 0 Å². The molecule has 0 amide bonds. The lowest BCUT2D eigenvalue weighted by Gasteiger charge is -2.15. The highest BCUT2D eigenvalue weighted by Crippen LogP contribution is 2.31. The second-order valence-electron chi connectivity index (χ2n) is 4.96. The number of benzene rings is 1. The number of aryl methyl sites for hydroxylation is 1. The summed E-state index contributed by atoms with van der Waals surface area (Å²) in [6.07, 6.45) is 1.18. The number of nitrogens with two attached hydrogens (primary N) is 1. The van der Waals surface area contributed by atoms with E-state index in [0.717, 1.165) is 24.4 Å². The summed E-state index contributed by atoms with van der Waals surface area (Å²) in [7, 11) is 0. The van der Waals surface area contributed by atoms with E-state index >= 15 is 0 Å². The van der Waals surface area contributed by atoms with Crippen molar-refractivity contribution in [2.75, 3.05) is 11.1 Å². The van der Waals surface area contributed by atoms with Gasteiger partial charge in [0.05, 0.1) is 17.5 Å². The minimum atomic E-state index is 0.122. The molecule has 1 aromatic carbocycles. The molecular formula is C16H22N2OS. The van der Waals surface area contributed by atoms with Crippen LogP contribution in [-0.4, -0.2) is 6.10 Å². The number of nitrogens with one attached hydrogen (secondary N) is 1. The number of hydrogen-bond acceptors (Lipinski definition) is 4. The van der Waals surface area contributed by atoms with Gasteiger partial charge in [-0.3, -0.25) is 0 Å². The molecule has 3 N–H and O–H groups in total. The molecule has 0 saturated carbocycles. The van der Waals surface area contributed by atoms with Crippen molar-refractivity contribution < 1.29 is 4.74 Å². The van der Waals surface area contributed by atoms with Crippen LogP contribution in [0.15, 0.2) is 29.6 Å². The van der Waals surface area contributed by atoms with E-state index < -0.39 is 0 Å². The van der Waals surface area contributed by atoms with Crippen molar-refractivity contribution in [1.82, 2.24) is 0 Å². The molecule has 20 heavy (non-hydrogen) atoms. The maximum absolute atomic E-state index is 6.16. The number of para-hydroxylation sites is 1. The van der Waals surface area contributed by atoms with Crippen molar-refractivity contribution in [2.24, 2.45) is 0 Å². The molecule has 0 unspecified atom stereocenters. The molecule has 0 aliphatic carbocycles. The Bertz CT molecular complexity index is 563. The lowest BCUT2D eigenvalue weighted by molar-refractivity contribution is 0.244. The monoisotopic (exact) mass is 290 g/mol. The minimum Gasteiger partial charge on any atom is -0.489 e. The zero-order valence-electron chi connectivity index (χ0n) is 12.3. The Morgan fingerprint density at radius 3 is 2.80 bits per heavy atom. The predicted octanol–water partition coefficient (Wildman–Crippen LogP) is 4.29. The Morgan fingerprint density at radius 1 is 1.30 bits per heavy atom. The van der Waals surface area contributed by atoms with E-state index in [9.17, 15) is 0 Å². The molecule has 0 spiro atoms. The topological polar surface area (TPSA) is 47.3 Å². The van der Waals surface area contributed by atoms with Gasteiger partial charge in [0.15, 0.2) is 0 Å². The molecule has 3 nitrogen and oxygen atoms in total. The third-order valence-electron chi connectivity index (χ3n) is 3.09. The average molecular weight is 290 g/mol. The van der Waals surface area contributed by atoms with Gasteiger partial charge in [0.1, 0.15) is 5.75 Å². The van der Waals surface area contributed by atoms with Crippen molar-refractivity contribution >= 4 is 22.7 Å². The number of ether oxygens (including phenoxy) is 1. The second-order valence-corrected chi connectivity index (χ2v) is 5.96. The van der Waals surface area contributed by atoms with E-state index in [1.807, 2.05) is 32.0 Å². The van der Waals surface area contributed by atoms with Gasteiger partial charge >= 0.3 is 0 Å². The Morgan fingerprint density at radius 2 is 2.10 bits per heavy atom. The molecule has 0 aliphatic rings. The fourth-order valence-corrected chi connectivity index (χ4v) is 2.98. The van der Waals surface area contributed by atoms with E-state index in [0.29, 0.717) is 5.69 Å². The first-order valence-electron chi connectivity index (χ1n) is 6.96. The number of anilines is 2. The van der Waals surface area contributed by atoms with Crippen LogP contribution in [0.1, 0.15) is 31.2 Å². The van der Waals surface area contributed by atoms with Gasteiger partial charge in [-0.2, -0.15) is 0 Å². The predicted molar refractivity (Wildman–Crippen MR) is 87.6 cm³/mol. The normalized spacial score (nSPS) is 10.8. The molecule has 0 saturated heterocycles. The van der Waals surface area contributed by atoms with Crippen molar-refractivity contribution in [3.8, 4) is 5.75 Å². The van der Waals surface area contributed by atoms with Crippen molar-refractivity contribution in [3.63, 3.8) is 0 Å². The fourth-order valence-electron chi connectivity index (χ4n) is 2.07. The van der Waals surface area contributed by atoms with E-state index in [-0.39, 0.29) is 6.10 Å². The van der Waals surface area contributed by atoms with Gasteiger partial charge in [-0.25, -0.2) is 0 Å². The van der Waals surface area contributed by atoms with Gasteiger partial charge in [-0.1, -0.05) is 13.0 Å². The highest BCUT2D eigenvalue weighted by atomic mass is 32.1. The average Bonchev–Trinajstić information content (AvgIpc) is 2.86. The van der Waals surface area contributed by atoms with Gasteiger partial charge in [0.25, 0.3) is 0 Å². The number of nitrogen functional groups attached to an aromatic ring is 1. The van der Waals surface area contributed by atoms with Crippen LogP contribution in [-0.2, 0) is 13.0 Å². The molecule has 2 rings (SSSR count). The van der Waals surface area contributed by atoms with Gasteiger partial charge in [-0.05, 0) is 49.4 Å². The summed E-state index contributed by atoms with van der Waals surface area (Å²) in [5, 5.41) is 5.55. The van der Waals surface area contributed by atoms with Gasteiger partial charge in [-0.15, -0.1) is 11.3 Å². The van der Waals surface area contributed by atoms with E-state index in [1.54, 1.807) is 11.3 Å². The van der Waals surface area contributed by atoms with E-state index in [2.05, 4.69) is 23.7 Å². The highest BCUT2D eigenvalue weighted by Gasteiger charge is 2.08. The zero-order valence-corrected chi connectivity index (χ0v) is 13.1. The third kappa shape index (κ3) is 3.45. The molecule has 0 atom stereocenters. The first-order valence-corrected chi connectivity index (χ1v) is 7.84. The number of rotatable bonds is 6. The fraction of sp³-hybridized carbons (Fsp3) is 0.375. The molecule has 0 radical (unpaired) electrons. The van der Waals surface area contributed by atoms with Crippen LogP contribution in [0.5, 0.6) is 5.75 Å². The second kappa shape index (κ2) is 6.66. The molecule has 0 aliphatic heterocycles. The number of thiophene rings is 1. The largest absolute Gasteiger partial charge is 0.489 e. The Labute approximate surface area is 124 Å². The summed E-state index contributed by atoms with van der Waals surface area (Å²) in [5.41, 5.74) is 9.16. The van der Waals surface area contributed by atoms with Crippen molar-refractivity contribution in [2.45, 2.75) is 39.8 Å². The molecule has 4 heteroatoms. The van der Waals surface area contributed by atoms with E-state index in [4.69, 9.17) is 10.5 Å². The van der Waals surface area contributed by atoms with Crippen LogP contribution in [0.2, 0.25) is 0 Å². The molecule has 108 valence electrons. The lowest BCUT2D eigenvalue weighted by atomic mass is 10.2. The van der Waals surface area contributed by atoms with Crippen LogP contribution in [0.3, 0.4) is 0 Å². The third-order valence-corrected chi connectivity index (χ3v) is 4.05. The smallest absolute Gasteiger partial charge is 0.144 e. The van der Waals surface area contributed by atoms with E-state index in [1.165, 1.54) is 10.4 Å². The van der Waals surface area contributed by atoms with Crippen LogP contribution >= 0.6 is 11.3 Å². The minimum absolute atomic E-state index is 0.122. The van der Waals surface area contributed by atoms with Gasteiger partial charge in [0, 0.05) is 11.4 Å². The summed E-state index contributed by atoms with van der Waals surface area (Å²) in [4.78, 5) is 1.36. The van der Waals surface area contributed by atoms with Crippen LogP contribution in [0.4, 0.5) is 11.4 Å². The molecule has 0 bridgehead atoms. The Kier molecular flexibility index (Phi) is 4.90. The van der Waals surface area contributed by atoms with Gasteiger partial charge in [0.2, 0.25) is 0 Å². The highest BCUT2D eigenvalue weighted by molar-refractivity contribution is 7.10. The maximum Gasteiger partial charge on any atom is 0.144 e. The summed E-state index contributed by atoms with van der Waals surface area (Å²) in [5.74, 6) is 0.742. The maximum atomic E-state index is 6.16. The first-order chi connectivity index (χ1) is 9.61. The van der Waals surface area contributed by atoms with Crippen LogP contribution in [0, 0.1) is 0 Å². The molecule has 0 fully saturated rings. The molecular weight excluding hydrogens is 268 g/mol. The first kappa shape index (κ1) is 14.7. The summed E-state index contributed by atoms with van der Waals surface area (Å²) >= 11 is 1.78. The molecule has 1 heterocycles. The van der Waals surface area contributed by atoms with Gasteiger partial charge < -0.3 is 15.8 Å². The number of hydrogen-bond donors (Lipinski definition) is 2. The van der Waals surface area contributed by atoms with Crippen LogP contribution in [0.25, 0.3) is 0 Å². The summed E-state index contributed by atoms with van der Waals surface area (Å²) < 4.78 is 5.71. The SMILES string of the molecule is CCc1ccsc1CNc1cccc(OC(C)C)c1N. The Balaban J connectivity index is 2.10. The summed E-state index contributed by atoms with van der Waals surface area (Å²) in [6.45, 7) is 6.98. The Hall–Kier alpha value is -1.68. The van der Waals surface area contributed by atoms with Crippen molar-refractivity contribution in [3.05, 3.63) is 40.1 Å². The molecule has 1 aromatic heterocycles.